The zero-order valence-corrected chi connectivity index (χ0v) is 14.9. The molecule has 3 rings (SSSR count). The van der Waals surface area contributed by atoms with Crippen LogP contribution in [0.5, 0.6) is 0 Å². The Hall–Kier alpha value is -2.21. The van der Waals surface area contributed by atoms with Crippen LogP contribution in [0.3, 0.4) is 0 Å². The van der Waals surface area contributed by atoms with Crippen LogP contribution in [0.1, 0.15) is 47.9 Å². The number of hydrogen-bond acceptors (Lipinski definition) is 4. The lowest BCUT2D eigenvalue weighted by Crippen LogP contribution is -2.29. The van der Waals surface area contributed by atoms with Gasteiger partial charge in [-0.2, -0.15) is 0 Å². The number of amides is 1. The third kappa shape index (κ3) is 4.89. The zero-order valence-electron chi connectivity index (χ0n) is 14.9. The molecule has 1 fully saturated rings. The molecule has 0 bridgehead atoms. The van der Waals surface area contributed by atoms with Crippen LogP contribution in [0.2, 0.25) is 0 Å². The molecule has 6 nitrogen and oxygen atoms in total. The van der Waals surface area contributed by atoms with E-state index < -0.39 is 0 Å². The lowest BCUT2D eigenvalue weighted by molar-refractivity contribution is 0.0954. The van der Waals surface area contributed by atoms with E-state index in [2.05, 4.69) is 39.5 Å². The second kappa shape index (κ2) is 8.76. The Labute approximate surface area is 149 Å². The van der Waals surface area contributed by atoms with Crippen LogP contribution >= 0.6 is 0 Å². The summed E-state index contributed by atoms with van der Waals surface area (Å²) in [7, 11) is 0. The number of hydrogen-bond donors (Lipinski definition) is 1. The number of carbonyl (C=O) groups is 1. The van der Waals surface area contributed by atoms with E-state index in [0.717, 1.165) is 18.9 Å². The number of carbonyl (C=O) groups excluding carboxylic acids is 1. The standard InChI is InChI=1S/C19H27N5O/c1-2-24-15-21-22-18(24)10-11-20-19(25)17-8-6-16(7-9-17)14-23-12-4-3-5-13-23/h6-9,15H,2-5,10-14H2,1H3,(H,20,25). The van der Waals surface area contributed by atoms with Crippen molar-refractivity contribution in [2.45, 2.75) is 45.7 Å². The van der Waals surface area contributed by atoms with Crippen LogP contribution in [-0.4, -0.2) is 45.2 Å². The fraction of sp³-hybridized carbons (Fsp3) is 0.526. The topological polar surface area (TPSA) is 63.1 Å². The first kappa shape index (κ1) is 17.6. The van der Waals surface area contributed by atoms with Crippen molar-refractivity contribution in [3.8, 4) is 0 Å². The van der Waals surface area contributed by atoms with Gasteiger partial charge >= 0.3 is 0 Å². The molecule has 1 aromatic carbocycles. The fourth-order valence-electron chi connectivity index (χ4n) is 3.26. The molecule has 6 heteroatoms. The fourth-order valence-corrected chi connectivity index (χ4v) is 3.26. The molecule has 0 spiro atoms. The molecule has 1 amide bonds. The minimum absolute atomic E-state index is 0.0351. The molecule has 1 saturated heterocycles. The van der Waals surface area contributed by atoms with E-state index in [4.69, 9.17) is 0 Å². The number of aromatic nitrogens is 3. The SMILES string of the molecule is CCn1cnnc1CCNC(=O)c1ccc(CN2CCCCC2)cc1. The van der Waals surface area contributed by atoms with Gasteiger partial charge in [0.1, 0.15) is 12.2 Å². The quantitative estimate of drug-likeness (QED) is 0.839. The summed E-state index contributed by atoms with van der Waals surface area (Å²) < 4.78 is 1.99. The highest BCUT2D eigenvalue weighted by Crippen LogP contribution is 2.13. The summed E-state index contributed by atoms with van der Waals surface area (Å²) in [6.07, 6.45) is 6.35. The third-order valence-corrected chi connectivity index (χ3v) is 4.74. The number of nitrogens with one attached hydrogen (secondary N) is 1. The zero-order chi connectivity index (χ0) is 17.5. The predicted molar refractivity (Wildman–Crippen MR) is 97.3 cm³/mol. The van der Waals surface area contributed by atoms with E-state index in [9.17, 15) is 4.79 Å². The van der Waals surface area contributed by atoms with Crippen LogP contribution in [0.15, 0.2) is 30.6 Å². The van der Waals surface area contributed by atoms with Crippen molar-refractivity contribution in [2.24, 2.45) is 0 Å². The van der Waals surface area contributed by atoms with Crippen molar-refractivity contribution in [3.63, 3.8) is 0 Å². The molecular formula is C19H27N5O. The average molecular weight is 341 g/mol. The Morgan fingerprint density at radius 3 is 2.64 bits per heavy atom. The van der Waals surface area contributed by atoms with Gasteiger partial charge in [-0.1, -0.05) is 18.6 Å². The first-order valence-electron chi connectivity index (χ1n) is 9.22. The van der Waals surface area contributed by atoms with Crippen molar-refractivity contribution >= 4 is 5.91 Å². The smallest absolute Gasteiger partial charge is 0.251 e. The molecule has 2 aromatic rings. The maximum absolute atomic E-state index is 12.3. The van der Waals surface area contributed by atoms with Crippen LogP contribution < -0.4 is 5.32 Å². The first-order chi connectivity index (χ1) is 12.3. The van der Waals surface area contributed by atoms with Gasteiger partial charge < -0.3 is 9.88 Å². The number of piperidine rings is 1. The van der Waals surface area contributed by atoms with E-state index in [1.807, 2.05) is 16.7 Å². The summed E-state index contributed by atoms with van der Waals surface area (Å²) in [4.78, 5) is 14.8. The van der Waals surface area contributed by atoms with Crippen LogP contribution in [0.25, 0.3) is 0 Å². The molecular weight excluding hydrogens is 314 g/mol. The summed E-state index contributed by atoms with van der Waals surface area (Å²) in [6, 6.07) is 7.97. The summed E-state index contributed by atoms with van der Waals surface area (Å²) in [5.41, 5.74) is 1.98. The van der Waals surface area contributed by atoms with Crippen molar-refractivity contribution in [1.29, 1.82) is 0 Å². The Kier molecular flexibility index (Phi) is 6.17. The Morgan fingerprint density at radius 2 is 1.92 bits per heavy atom. The van der Waals surface area contributed by atoms with Crippen molar-refractivity contribution < 1.29 is 4.79 Å². The number of likely N-dealkylation sites (tertiary alicyclic amines) is 1. The molecule has 0 radical (unpaired) electrons. The minimum Gasteiger partial charge on any atom is -0.352 e. The highest BCUT2D eigenvalue weighted by Gasteiger charge is 2.11. The molecule has 0 atom stereocenters. The third-order valence-electron chi connectivity index (χ3n) is 4.74. The number of nitrogens with zero attached hydrogens (tertiary/aromatic N) is 4. The molecule has 1 aromatic heterocycles. The number of rotatable bonds is 7. The lowest BCUT2D eigenvalue weighted by Gasteiger charge is -2.26. The molecule has 2 heterocycles. The number of aryl methyl sites for hydroxylation is 1. The van der Waals surface area contributed by atoms with Crippen molar-refractivity contribution in [2.75, 3.05) is 19.6 Å². The minimum atomic E-state index is -0.0351. The molecule has 1 aliphatic heterocycles. The average Bonchev–Trinajstić information content (AvgIpc) is 3.10. The highest BCUT2D eigenvalue weighted by molar-refractivity contribution is 5.94. The Morgan fingerprint density at radius 1 is 1.16 bits per heavy atom. The van der Waals surface area contributed by atoms with Gasteiger partial charge in [0.2, 0.25) is 0 Å². The monoisotopic (exact) mass is 341 g/mol. The maximum atomic E-state index is 12.3. The molecule has 134 valence electrons. The Balaban J connectivity index is 1.47. The van der Waals surface area contributed by atoms with Gasteiger partial charge in [-0.05, 0) is 50.6 Å². The van der Waals surface area contributed by atoms with Gasteiger partial charge in [0.15, 0.2) is 0 Å². The second-order valence-corrected chi connectivity index (χ2v) is 6.57. The summed E-state index contributed by atoms with van der Waals surface area (Å²) in [5.74, 6) is 0.867. The molecule has 1 N–H and O–H groups in total. The van der Waals surface area contributed by atoms with Gasteiger partial charge in [0.25, 0.3) is 5.91 Å². The van der Waals surface area contributed by atoms with Gasteiger partial charge in [-0.15, -0.1) is 10.2 Å². The molecule has 0 unspecified atom stereocenters. The maximum Gasteiger partial charge on any atom is 0.251 e. The molecule has 25 heavy (non-hydrogen) atoms. The Bertz CT molecular complexity index is 673. The summed E-state index contributed by atoms with van der Waals surface area (Å²) in [6.45, 7) is 6.81. The first-order valence-corrected chi connectivity index (χ1v) is 9.22. The largest absolute Gasteiger partial charge is 0.352 e. The highest BCUT2D eigenvalue weighted by atomic mass is 16.1. The van der Waals surface area contributed by atoms with Gasteiger partial charge in [-0.3, -0.25) is 9.69 Å². The van der Waals surface area contributed by atoms with Crippen molar-refractivity contribution in [3.05, 3.63) is 47.5 Å². The second-order valence-electron chi connectivity index (χ2n) is 6.57. The molecule has 0 aliphatic carbocycles. The summed E-state index contributed by atoms with van der Waals surface area (Å²) >= 11 is 0. The van der Waals surface area contributed by atoms with Crippen molar-refractivity contribution in [1.82, 2.24) is 25.0 Å². The normalized spacial score (nSPS) is 15.2. The molecule has 1 aliphatic rings. The van der Waals surface area contributed by atoms with E-state index in [1.54, 1.807) is 6.33 Å². The lowest BCUT2D eigenvalue weighted by atomic mass is 10.1. The number of benzene rings is 1. The van der Waals surface area contributed by atoms with E-state index in [1.165, 1.54) is 37.9 Å². The van der Waals surface area contributed by atoms with E-state index in [0.29, 0.717) is 18.5 Å². The van der Waals surface area contributed by atoms with E-state index in [-0.39, 0.29) is 5.91 Å². The predicted octanol–water partition coefficient (Wildman–Crippen LogP) is 2.26. The summed E-state index contributed by atoms with van der Waals surface area (Å²) in [5, 5.41) is 10.9. The van der Waals surface area contributed by atoms with Gasteiger partial charge in [0.05, 0.1) is 0 Å². The van der Waals surface area contributed by atoms with E-state index >= 15 is 0 Å². The van der Waals surface area contributed by atoms with Crippen LogP contribution in [0.4, 0.5) is 0 Å². The van der Waals surface area contributed by atoms with Gasteiger partial charge in [0, 0.05) is 31.6 Å². The van der Waals surface area contributed by atoms with Crippen LogP contribution in [-0.2, 0) is 19.5 Å². The molecule has 0 saturated carbocycles. The van der Waals surface area contributed by atoms with Crippen LogP contribution in [0, 0.1) is 0 Å². The van der Waals surface area contributed by atoms with Gasteiger partial charge in [-0.25, -0.2) is 0 Å².